The van der Waals surface area contributed by atoms with Gasteiger partial charge in [-0.3, -0.25) is 15.0 Å². The lowest BCUT2D eigenvalue weighted by Gasteiger charge is -2.31. The lowest BCUT2D eigenvalue weighted by atomic mass is 10.1. The number of carbonyl (C=O) groups excluding carboxylic acids is 1. The maximum Gasteiger partial charge on any atom is 0.342 e. The summed E-state index contributed by atoms with van der Waals surface area (Å²) < 4.78 is -0.0715. The van der Waals surface area contributed by atoms with Gasteiger partial charge in [0.25, 0.3) is 5.69 Å². The van der Waals surface area contributed by atoms with E-state index in [0.29, 0.717) is 5.56 Å². The lowest BCUT2D eigenvalue weighted by molar-refractivity contribution is -0.384. The highest BCUT2D eigenvalue weighted by molar-refractivity contribution is 6.55. The number of halogens is 2. The maximum atomic E-state index is 12.1. The van der Waals surface area contributed by atoms with E-state index in [1.165, 1.54) is 35.5 Å². The molecule has 0 saturated carbocycles. The quantitative estimate of drug-likeness (QED) is 0.500. The fourth-order valence-electron chi connectivity index (χ4n) is 1.59. The van der Waals surface area contributed by atoms with Crippen LogP contribution in [0.15, 0.2) is 40.1 Å². The first kappa shape index (κ1) is 18.9. The van der Waals surface area contributed by atoms with Crippen molar-refractivity contribution >= 4 is 41.1 Å². The van der Waals surface area contributed by atoms with Crippen LogP contribution in [0.25, 0.3) is 0 Å². The first-order valence-electron chi connectivity index (χ1n) is 6.51. The second-order valence-corrected chi connectivity index (χ2v) is 6.49. The molecule has 0 atom stereocenters. The van der Waals surface area contributed by atoms with E-state index in [1.54, 1.807) is 26.8 Å². The summed E-state index contributed by atoms with van der Waals surface area (Å²) in [6.45, 7) is 5.39. The summed E-state index contributed by atoms with van der Waals surface area (Å²) in [5.74, 6) is 0. The molecule has 0 aromatic heterocycles. The standard InChI is InChI=1S/C14H16Cl2N4O3/c1-14(2,3)19(9-12(15)16)13(21)18-17-8-10-5-4-6-11(7-10)20(22)23/h4-9H,1-3H3,(H,18,21)/b17-8+. The minimum absolute atomic E-state index is 0.0616. The third-order valence-corrected chi connectivity index (χ3v) is 2.82. The van der Waals surface area contributed by atoms with Crippen LogP contribution in [-0.4, -0.2) is 27.6 Å². The van der Waals surface area contributed by atoms with Crippen LogP contribution in [0.1, 0.15) is 26.3 Å². The predicted octanol–water partition coefficient (Wildman–Crippen LogP) is 4.02. The zero-order valence-corrected chi connectivity index (χ0v) is 14.3. The zero-order chi connectivity index (χ0) is 17.6. The number of nitrogens with zero attached hydrogens (tertiary/aromatic N) is 3. The van der Waals surface area contributed by atoms with Gasteiger partial charge in [0.1, 0.15) is 4.49 Å². The molecule has 0 saturated heterocycles. The molecule has 0 aliphatic rings. The van der Waals surface area contributed by atoms with E-state index in [1.807, 2.05) is 0 Å². The number of hydrogen-bond acceptors (Lipinski definition) is 4. The Labute approximate surface area is 143 Å². The van der Waals surface area contributed by atoms with Crippen molar-refractivity contribution in [1.29, 1.82) is 0 Å². The molecule has 1 aromatic rings. The highest BCUT2D eigenvalue weighted by Gasteiger charge is 2.25. The summed E-state index contributed by atoms with van der Waals surface area (Å²) in [7, 11) is 0. The number of nitro benzene ring substituents is 1. The SMILES string of the molecule is CC(C)(C)N(C=C(Cl)Cl)C(=O)N/N=C/c1cccc([N+](=O)[O-])c1. The number of nitro groups is 1. The fraction of sp³-hybridized carbons (Fsp3) is 0.286. The van der Waals surface area contributed by atoms with Crippen LogP contribution in [-0.2, 0) is 0 Å². The summed E-state index contributed by atoms with van der Waals surface area (Å²) in [5.41, 5.74) is 2.17. The molecule has 1 N–H and O–H groups in total. The van der Waals surface area contributed by atoms with Gasteiger partial charge in [0.05, 0.1) is 11.1 Å². The van der Waals surface area contributed by atoms with Gasteiger partial charge in [0.2, 0.25) is 0 Å². The predicted molar refractivity (Wildman–Crippen MR) is 90.6 cm³/mol. The molecule has 0 unspecified atom stereocenters. The van der Waals surface area contributed by atoms with Gasteiger partial charge in [-0.2, -0.15) is 5.10 Å². The van der Waals surface area contributed by atoms with Crippen molar-refractivity contribution in [3.63, 3.8) is 0 Å². The highest BCUT2D eigenvalue weighted by Crippen LogP contribution is 2.18. The number of urea groups is 1. The van der Waals surface area contributed by atoms with Crippen molar-refractivity contribution in [2.75, 3.05) is 0 Å². The summed E-state index contributed by atoms with van der Waals surface area (Å²) >= 11 is 11.2. The molecule has 0 heterocycles. The second-order valence-electron chi connectivity index (χ2n) is 5.49. The molecule has 7 nitrogen and oxygen atoms in total. The molecule has 2 amide bonds. The highest BCUT2D eigenvalue weighted by atomic mass is 35.5. The Morgan fingerprint density at radius 1 is 1.39 bits per heavy atom. The third-order valence-electron chi connectivity index (χ3n) is 2.62. The van der Waals surface area contributed by atoms with Gasteiger partial charge < -0.3 is 0 Å². The number of nitrogens with one attached hydrogen (secondary N) is 1. The van der Waals surface area contributed by atoms with Gasteiger partial charge >= 0.3 is 6.03 Å². The molecule has 1 aromatic carbocycles. The molecule has 0 bridgehead atoms. The van der Waals surface area contributed by atoms with Crippen LogP contribution in [0.3, 0.4) is 0 Å². The van der Waals surface area contributed by atoms with E-state index < -0.39 is 16.5 Å². The van der Waals surface area contributed by atoms with Gasteiger partial charge in [-0.25, -0.2) is 10.2 Å². The molecule has 23 heavy (non-hydrogen) atoms. The van der Waals surface area contributed by atoms with Crippen LogP contribution < -0.4 is 5.43 Å². The average molecular weight is 359 g/mol. The lowest BCUT2D eigenvalue weighted by Crippen LogP contribution is -2.45. The van der Waals surface area contributed by atoms with Crippen LogP contribution in [0.2, 0.25) is 0 Å². The number of non-ortho nitro benzene ring substituents is 1. The van der Waals surface area contributed by atoms with E-state index in [0.717, 1.165) is 0 Å². The van der Waals surface area contributed by atoms with Crippen molar-refractivity contribution in [2.45, 2.75) is 26.3 Å². The minimum Gasteiger partial charge on any atom is -0.292 e. The Balaban J connectivity index is 2.83. The number of amides is 2. The maximum absolute atomic E-state index is 12.1. The first-order chi connectivity index (χ1) is 10.6. The van der Waals surface area contributed by atoms with E-state index in [4.69, 9.17) is 23.2 Å². The third kappa shape index (κ3) is 6.25. The molecular formula is C14H16Cl2N4O3. The largest absolute Gasteiger partial charge is 0.342 e. The molecule has 9 heteroatoms. The van der Waals surface area contributed by atoms with Gasteiger partial charge in [-0.15, -0.1) is 0 Å². The number of hydrogen-bond donors (Lipinski definition) is 1. The number of hydrazone groups is 1. The van der Waals surface area contributed by atoms with Gasteiger partial charge in [-0.05, 0) is 20.8 Å². The van der Waals surface area contributed by atoms with E-state index in [9.17, 15) is 14.9 Å². The second kappa shape index (κ2) is 7.94. The molecular weight excluding hydrogens is 343 g/mol. The first-order valence-corrected chi connectivity index (χ1v) is 7.26. The van der Waals surface area contributed by atoms with Crippen molar-refractivity contribution in [3.05, 3.63) is 50.6 Å². The van der Waals surface area contributed by atoms with Crippen molar-refractivity contribution in [1.82, 2.24) is 10.3 Å². The van der Waals surface area contributed by atoms with Crippen LogP contribution in [0.5, 0.6) is 0 Å². The van der Waals surface area contributed by atoms with Crippen LogP contribution in [0.4, 0.5) is 10.5 Å². The zero-order valence-electron chi connectivity index (χ0n) is 12.8. The molecule has 0 spiro atoms. The topological polar surface area (TPSA) is 87.8 Å². The minimum atomic E-state index is -0.569. The fourth-order valence-corrected chi connectivity index (χ4v) is 1.78. The smallest absolute Gasteiger partial charge is 0.292 e. The van der Waals surface area contributed by atoms with Crippen LogP contribution in [0, 0.1) is 10.1 Å². The van der Waals surface area contributed by atoms with Crippen molar-refractivity contribution in [2.24, 2.45) is 5.10 Å². The average Bonchev–Trinajstić information content (AvgIpc) is 2.43. The number of rotatable bonds is 4. The van der Waals surface area contributed by atoms with Gasteiger partial charge in [0.15, 0.2) is 0 Å². The van der Waals surface area contributed by atoms with E-state index in [-0.39, 0.29) is 10.2 Å². The Morgan fingerprint density at radius 3 is 2.57 bits per heavy atom. The summed E-state index contributed by atoms with van der Waals surface area (Å²) in [6.07, 6.45) is 2.58. The molecule has 0 aliphatic heterocycles. The number of benzene rings is 1. The Morgan fingerprint density at radius 2 is 2.04 bits per heavy atom. The van der Waals surface area contributed by atoms with Gasteiger partial charge in [-0.1, -0.05) is 35.3 Å². The van der Waals surface area contributed by atoms with Crippen molar-refractivity contribution in [3.8, 4) is 0 Å². The van der Waals surface area contributed by atoms with Crippen LogP contribution >= 0.6 is 23.2 Å². The Bertz CT molecular complexity index is 650. The molecule has 1 rings (SSSR count). The normalized spacial score (nSPS) is 11.2. The molecule has 0 fully saturated rings. The molecule has 0 aliphatic carbocycles. The Hall–Kier alpha value is -2.12. The Kier molecular flexibility index (Phi) is 6.53. The molecule has 0 radical (unpaired) electrons. The monoisotopic (exact) mass is 358 g/mol. The van der Waals surface area contributed by atoms with Gasteiger partial charge in [0, 0.05) is 29.4 Å². The summed E-state index contributed by atoms with van der Waals surface area (Å²) in [6, 6.07) is 5.31. The van der Waals surface area contributed by atoms with Crippen molar-refractivity contribution < 1.29 is 9.72 Å². The molecule has 124 valence electrons. The summed E-state index contributed by atoms with van der Waals surface area (Å²) in [4.78, 5) is 23.6. The number of carbonyl (C=O) groups is 1. The van der Waals surface area contributed by atoms with E-state index in [2.05, 4.69) is 10.5 Å². The van der Waals surface area contributed by atoms with E-state index >= 15 is 0 Å². The summed E-state index contributed by atoms with van der Waals surface area (Å²) in [5, 5.41) is 14.5.